The fourth-order valence-corrected chi connectivity index (χ4v) is 5.97. The summed E-state index contributed by atoms with van der Waals surface area (Å²) in [5, 5.41) is 4.84. The van der Waals surface area contributed by atoms with E-state index in [1.807, 2.05) is 28.6 Å². The minimum absolute atomic E-state index is 0.192. The number of nitrogens with zero attached hydrogens (tertiary/aromatic N) is 5. The fourth-order valence-electron chi connectivity index (χ4n) is 5.39. The van der Waals surface area contributed by atoms with E-state index in [1.54, 1.807) is 18.2 Å². The zero-order valence-electron chi connectivity index (χ0n) is 21.4. The molecule has 1 aromatic carbocycles. The Hall–Kier alpha value is -3.14. The van der Waals surface area contributed by atoms with Crippen molar-refractivity contribution < 1.29 is 13.2 Å². The molecule has 36 heavy (non-hydrogen) atoms. The zero-order chi connectivity index (χ0) is 25.6. The molecular formula is C26H34N6O3S. The van der Waals surface area contributed by atoms with E-state index in [1.165, 1.54) is 6.42 Å². The van der Waals surface area contributed by atoms with Crippen LogP contribution in [0.2, 0.25) is 0 Å². The number of anilines is 2. The summed E-state index contributed by atoms with van der Waals surface area (Å²) < 4.78 is 28.2. The molecule has 0 spiro atoms. The van der Waals surface area contributed by atoms with E-state index < -0.39 is 10.0 Å². The maximum absolute atomic E-state index is 13.8. The number of benzene rings is 1. The number of piperidine rings is 1. The highest BCUT2D eigenvalue weighted by Gasteiger charge is 2.32. The topological polar surface area (TPSA) is 99.9 Å². The lowest BCUT2D eigenvalue weighted by Gasteiger charge is -2.35. The lowest BCUT2D eigenvalue weighted by Crippen LogP contribution is -2.39. The summed E-state index contributed by atoms with van der Waals surface area (Å²) in [4.78, 5) is 22.9. The monoisotopic (exact) mass is 510 g/mol. The van der Waals surface area contributed by atoms with Gasteiger partial charge in [-0.25, -0.2) is 17.9 Å². The van der Waals surface area contributed by atoms with Crippen LogP contribution in [0.25, 0.3) is 5.65 Å². The van der Waals surface area contributed by atoms with E-state index >= 15 is 0 Å². The molecule has 1 amide bonds. The molecule has 0 aliphatic carbocycles. The zero-order valence-corrected chi connectivity index (χ0v) is 22.2. The summed E-state index contributed by atoms with van der Waals surface area (Å²) in [5.74, 6) is 1.47. The minimum Gasteiger partial charge on any atom is -0.356 e. The average molecular weight is 511 g/mol. The Morgan fingerprint density at radius 3 is 2.64 bits per heavy atom. The molecule has 2 saturated heterocycles. The van der Waals surface area contributed by atoms with Crippen molar-refractivity contribution in [2.75, 3.05) is 35.5 Å². The Kier molecular flexibility index (Phi) is 6.40. The Balaban J connectivity index is 1.49. The number of hydrogen-bond acceptors (Lipinski definition) is 6. The smallest absolute Gasteiger partial charge is 0.256 e. The number of aryl methyl sites for hydroxylation is 2. The number of nitrogens with one attached hydrogen (secondary N) is 1. The van der Waals surface area contributed by atoms with E-state index in [4.69, 9.17) is 10.1 Å². The van der Waals surface area contributed by atoms with Gasteiger partial charge in [0.15, 0.2) is 5.65 Å². The van der Waals surface area contributed by atoms with Crippen LogP contribution < -0.4 is 9.62 Å². The molecule has 3 aromatic rings. The molecule has 2 atom stereocenters. The molecule has 192 valence electrons. The Bertz CT molecular complexity index is 1420. The lowest BCUT2D eigenvalue weighted by molar-refractivity contribution is 0.0606. The molecular weight excluding hydrogens is 476 g/mol. The molecule has 0 saturated carbocycles. The third kappa shape index (κ3) is 4.91. The highest BCUT2D eigenvalue weighted by atomic mass is 32.2. The first kappa shape index (κ1) is 24.5. The van der Waals surface area contributed by atoms with Gasteiger partial charge in [0.2, 0.25) is 10.0 Å². The number of fused-ring (bicyclic) bond motifs is 1. The van der Waals surface area contributed by atoms with Crippen molar-refractivity contribution in [2.45, 2.75) is 52.5 Å². The summed E-state index contributed by atoms with van der Waals surface area (Å²) in [6, 6.07) is 6.99. The third-order valence-electron chi connectivity index (χ3n) is 7.15. The van der Waals surface area contributed by atoms with Gasteiger partial charge in [-0.2, -0.15) is 5.10 Å². The van der Waals surface area contributed by atoms with Gasteiger partial charge in [-0.05, 0) is 57.6 Å². The van der Waals surface area contributed by atoms with Crippen LogP contribution in [0.5, 0.6) is 0 Å². The number of carbonyl (C=O) groups excluding carboxylic acids is 1. The van der Waals surface area contributed by atoms with Crippen molar-refractivity contribution in [1.82, 2.24) is 19.5 Å². The molecule has 0 bridgehead atoms. The maximum Gasteiger partial charge on any atom is 0.256 e. The van der Waals surface area contributed by atoms with Crippen molar-refractivity contribution >= 4 is 33.1 Å². The Morgan fingerprint density at radius 1 is 1.11 bits per heavy atom. The second kappa shape index (κ2) is 9.38. The first-order valence-corrected chi connectivity index (χ1v) is 14.5. The molecule has 2 fully saturated rings. The number of aromatic nitrogens is 3. The second-order valence-electron chi connectivity index (χ2n) is 10.4. The fraction of sp³-hybridized carbons (Fsp3) is 0.500. The summed E-state index contributed by atoms with van der Waals surface area (Å²) in [7, 11) is -3.53. The third-order valence-corrected chi connectivity index (χ3v) is 7.74. The number of hydrogen-bond donors (Lipinski definition) is 1. The molecule has 9 nitrogen and oxygen atoms in total. The van der Waals surface area contributed by atoms with Gasteiger partial charge in [0, 0.05) is 37.5 Å². The van der Waals surface area contributed by atoms with E-state index in [0.29, 0.717) is 23.7 Å². The number of rotatable bonds is 5. The van der Waals surface area contributed by atoms with Crippen LogP contribution in [0.15, 0.2) is 30.5 Å². The summed E-state index contributed by atoms with van der Waals surface area (Å²) in [5.41, 5.74) is 4.22. The van der Waals surface area contributed by atoms with Crippen LogP contribution in [-0.2, 0) is 10.0 Å². The van der Waals surface area contributed by atoms with Gasteiger partial charge in [0.1, 0.15) is 5.82 Å². The molecule has 4 heterocycles. The van der Waals surface area contributed by atoms with Crippen molar-refractivity contribution in [3.05, 3.63) is 52.8 Å². The average Bonchev–Trinajstić information content (AvgIpc) is 3.44. The van der Waals surface area contributed by atoms with Crippen molar-refractivity contribution in [2.24, 2.45) is 5.92 Å². The molecule has 5 rings (SSSR count). The van der Waals surface area contributed by atoms with Gasteiger partial charge in [-0.15, -0.1) is 0 Å². The number of sulfonamides is 1. The van der Waals surface area contributed by atoms with E-state index in [0.717, 1.165) is 66.9 Å². The van der Waals surface area contributed by atoms with Crippen molar-refractivity contribution in [3.8, 4) is 0 Å². The SMILES string of the molecule is Cc1ccc(NS(C)(=O)=O)c(C(=O)N2CCCC[C@H]2c2cc3nc(N4CC[C@H](C)C4)c(C)cn3n2)c1. The van der Waals surface area contributed by atoms with Crippen LogP contribution in [-0.4, -0.2) is 59.7 Å². The largest absolute Gasteiger partial charge is 0.356 e. The standard InChI is InChI=1S/C26H34N6O3S/c1-17-8-9-21(29-36(4,34)35)20(13-17)26(33)31-11-6-5-7-23(31)22-14-24-27-25(19(3)16-32(24)28-22)30-12-10-18(2)15-30/h8-9,13-14,16,18,23,29H,5-7,10-12,15H2,1-4H3/t18-,23-/m0/s1. The highest BCUT2D eigenvalue weighted by molar-refractivity contribution is 7.92. The molecule has 2 aromatic heterocycles. The van der Waals surface area contributed by atoms with Crippen molar-refractivity contribution in [3.63, 3.8) is 0 Å². The molecule has 1 N–H and O–H groups in total. The van der Waals surface area contributed by atoms with Crippen LogP contribution in [0.1, 0.15) is 65.8 Å². The van der Waals surface area contributed by atoms with Gasteiger partial charge in [0.05, 0.1) is 29.2 Å². The second-order valence-corrected chi connectivity index (χ2v) is 12.1. The minimum atomic E-state index is -3.53. The number of carbonyl (C=O) groups is 1. The predicted octanol–water partition coefficient (Wildman–Crippen LogP) is 3.93. The molecule has 2 aliphatic heterocycles. The summed E-state index contributed by atoms with van der Waals surface area (Å²) >= 11 is 0. The van der Waals surface area contributed by atoms with Crippen LogP contribution in [0, 0.1) is 19.8 Å². The van der Waals surface area contributed by atoms with Gasteiger partial charge in [-0.3, -0.25) is 9.52 Å². The van der Waals surface area contributed by atoms with Gasteiger partial charge >= 0.3 is 0 Å². The molecule has 0 radical (unpaired) electrons. The highest BCUT2D eigenvalue weighted by Crippen LogP contribution is 2.34. The molecule has 10 heteroatoms. The Morgan fingerprint density at radius 2 is 1.92 bits per heavy atom. The molecule has 0 unspecified atom stereocenters. The number of likely N-dealkylation sites (tertiary alicyclic amines) is 1. The van der Waals surface area contributed by atoms with Gasteiger partial charge in [-0.1, -0.05) is 18.6 Å². The van der Waals surface area contributed by atoms with Crippen molar-refractivity contribution in [1.29, 1.82) is 0 Å². The van der Waals surface area contributed by atoms with E-state index in [2.05, 4.69) is 23.5 Å². The van der Waals surface area contributed by atoms with E-state index in [9.17, 15) is 13.2 Å². The lowest BCUT2D eigenvalue weighted by atomic mass is 9.97. The van der Waals surface area contributed by atoms with Crippen LogP contribution in [0.4, 0.5) is 11.5 Å². The van der Waals surface area contributed by atoms with Crippen LogP contribution in [0.3, 0.4) is 0 Å². The van der Waals surface area contributed by atoms with Gasteiger partial charge in [0.25, 0.3) is 5.91 Å². The molecule has 2 aliphatic rings. The normalized spacial score (nSPS) is 20.8. The quantitative estimate of drug-likeness (QED) is 0.558. The van der Waals surface area contributed by atoms with E-state index in [-0.39, 0.29) is 11.9 Å². The summed E-state index contributed by atoms with van der Waals surface area (Å²) in [6.45, 7) is 8.84. The first-order valence-electron chi connectivity index (χ1n) is 12.6. The Labute approximate surface area is 212 Å². The van der Waals surface area contributed by atoms with Gasteiger partial charge < -0.3 is 9.80 Å². The first-order chi connectivity index (χ1) is 17.1. The maximum atomic E-state index is 13.8. The predicted molar refractivity (Wildman–Crippen MR) is 141 cm³/mol. The summed E-state index contributed by atoms with van der Waals surface area (Å²) in [6.07, 6.45) is 6.97. The van der Waals surface area contributed by atoms with Crippen LogP contribution >= 0.6 is 0 Å². The number of amides is 1.